The zero-order valence-electron chi connectivity index (χ0n) is 29.8. The van der Waals surface area contributed by atoms with Gasteiger partial charge in [0.25, 0.3) is 11.8 Å². The first-order valence-corrected chi connectivity index (χ1v) is 21.1. The van der Waals surface area contributed by atoms with Crippen LogP contribution in [-0.2, 0) is 28.2 Å². The summed E-state index contributed by atoms with van der Waals surface area (Å²) in [4.78, 5) is 41.0. The summed E-state index contributed by atoms with van der Waals surface area (Å²) in [6, 6.07) is 29.2. The van der Waals surface area contributed by atoms with E-state index in [9.17, 15) is 19.5 Å². The average molecular weight is 751 g/mol. The van der Waals surface area contributed by atoms with E-state index in [4.69, 9.17) is 22.1 Å². The summed E-state index contributed by atoms with van der Waals surface area (Å²) in [6.45, 7) is 6.39. The Morgan fingerprint density at radius 1 is 1.06 bits per heavy atom. The Kier molecular flexibility index (Phi) is 10.0. The Morgan fingerprint density at radius 3 is 2.45 bits per heavy atom. The molecule has 1 saturated heterocycles. The van der Waals surface area contributed by atoms with Crippen molar-refractivity contribution in [1.82, 2.24) is 15.0 Å². The van der Waals surface area contributed by atoms with Gasteiger partial charge in [0.05, 0.1) is 36.6 Å². The van der Waals surface area contributed by atoms with Crippen LogP contribution in [0.1, 0.15) is 52.0 Å². The summed E-state index contributed by atoms with van der Waals surface area (Å²) < 4.78 is 8.70. The minimum Gasteiger partial charge on any atom is -0.432 e. The fourth-order valence-electron chi connectivity index (χ4n) is 8.09. The number of aliphatic hydroxyl groups excluding tert-OH is 1. The van der Waals surface area contributed by atoms with E-state index in [1.807, 2.05) is 92.9 Å². The number of aliphatic hydroxyl groups is 1. The van der Waals surface area contributed by atoms with Crippen molar-refractivity contribution in [2.75, 3.05) is 22.6 Å². The van der Waals surface area contributed by atoms with Crippen LogP contribution in [0.4, 0.5) is 17.1 Å². The molecule has 0 bridgehead atoms. The molecular formula is C40H43ClN6O5Si. The van der Waals surface area contributed by atoms with Crippen LogP contribution in [0, 0.1) is 5.92 Å². The van der Waals surface area contributed by atoms with E-state index < -0.39 is 20.0 Å². The number of hydrogen-bond acceptors (Lipinski definition) is 8. The van der Waals surface area contributed by atoms with E-state index >= 15 is 0 Å². The predicted molar refractivity (Wildman–Crippen MR) is 207 cm³/mol. The molecule has 0 radical (unpaired) electrons. The first kappa shape index (κ1) is 36.5. The van der Waals surface area contributed by atoms with Crippen molar-refractivity contribution in [2.45, 2.75) is 62.7 Å². The highest BCUT2D eigenvalue weighted by Gasteiger charge is 2.66. The number of ether oxygens (including phenoxy) is 1. The normalized spacial score (nSPS) is 21.6. The molecule has 1 fully saturated rings. The van der Waals surface area contributed by atoms with Crippen LogP contribution in [0.15, 0.2) is 103 Å². The number of nitrogens with zero attached hydrogens (tertiary/aromatic N) is 4. The van der Waals surface area contributed by atoms with E-state index in [0.29, 0.717) is 51.9 Å². The maximum Gasteiger partial charge on any atom is 0.264 e. The summed E-state index contributed by atoms with van der Waals surface area (Å²) >= 11 is 6.58. The van der Waals surface area contributed by atoms with E-state index in [1.165, 1.54) is 0 Å². The highest BCUT2D eigenvalue weighted by molar-refractivity contribution is 6.71. The Labute approximate surface area is 314 Å². The van der Waals surface area contributed by atoms with Gasteiger partial charge in [-0.05, 0) is 85.2 Å². The Morgan fingerprint density at radius 2 is 1.77 bits per heavy atom. The van der Waals surface area contributed by atoms with E-state index in [1.54, 1.807) is 39.9 Å². The molecule has 13 heteroatoms. The summed E-state index contributed by atoms with van der Waals surface area (Å²) in [5.41, 5.74) is 9.69. The lowest BCUT2D eigenvalue weighted by atomic mass is 9.82. The number of nitrogens with two attached hydrogens (primary N) is 1. The molecule has 2 aliphatic rings. The topological polar surface area (TPSA) is 156 Å². The van der Waals surface area contributed by atoms with Gasteiger partial charge in [-0.25, -0.2) is 0 Å². The summed E-state index contributed by atoms with van der Waals surface area (Å²) in [5.74, 6) is -1.12. The second-order valence-electron chi connectivity index (χ2n) is 14.5. The first-order chi connectivity index (χ1) is 25.4. The third kappa shape index (κ3) is 7.00. The number of amides is 2. The fraction of sp³-hybridized carbons (Fsp3) is 0.300. The highest BCUT2D eigenvalue weighted by Crippen LogP contribution is 2.60. The number of aromatic nitrogens is 3. The molecule has 7 rings (SSSR count). The van der Waals surface area contributed by atoms with Crippen LogP contribution >= 0.6 is 11.6 Å². The van der Waals surface area contributed by atoms with Crippen LogP contribution in [0.5, 0.6) is 0 Å². The number of rotatable bonds is 11. The molecule has 274 valence electrons. The molecule has 5 N–H and O–H groups in total. The van der Waals surface area contributed by atoms with Crippen molar-refractivity contribution >= 4 is 48.8 Å². The number of halogens is 1. The molecule has 1 aromatic heterocycles. The SMILES string of the molecule is C[C@H]1[C@H]([Si](C)(C)O)[C@@H](CCn2cc(C(CO)c3ccccc3)nn2)O[C@]12C(=O)N(Cc1ccc(NC(=O)c3ccc(N)cc3)cc1)c1ccc(Cl)cc12. The number of nitrogen functional groups attached to an aromatic ring is 1. The number of carbonyl (C=O) groups excluding carboxylic acids is 2. The first-order valence-electron chi connectivity index (χ1n) is 17.7. The van der Waals surface area contributed by atoms with Crippen molar-refractivity contribution in [3.05, 3.63) is 136 Å². The number of aryl methyl sites for hydroxylation is 1. The minimum atomic E-state index is -2.90. The van der Waals surface area contributed by atoms with Crippen molar-refractivity contribution in [3.63, 3.8) is 0 Å². The molecule has 1 unspecified atom stereocenters. The maximum atomic E-state index is 14.8. The Bertz CT molecular complexity index is 2110. The molecule has 5 atom stereocenters. The van der Waals surface area contributed by atoms with Crippen molar-refractivity contribution < 1.29 is 24.2 Å². The molecule has 53 heavy (non-hydrogen) atoms. The van der Waals surface area contributed by atoms with E-state index in [2.05, 4.69) is 15.6 Å². The Hall–Kier alpha value is -4.85. The molecule has 0 saturated carbocycles. The minimum absolute atomic E-state index is 0.105. The Balaban J connectivity index is 1.12. The van der Waals surface area contributed by atoms with Crippen molar-refractivity contribution in [3.8, 4) is 0 Å². The summed E-state index contributed by atoms with van der Waals surface area (Å²) in [6.07, 6.45) is 1.87. The van der Waals surface area contributed by atoms with Crippen molar-refractivity contribution in [1.29, 1.82) is 0 Å². The molecule has 0 aliphatic carbocycles. The van der Waals surface area contributed by atoms with Gasteiger partial charge in [-0.2, -0.15) is 0 Å². The van der Waals surface area contributed by atoms with Crippen molar-refractivity contribution in [2.24, 2.45) is 5.92 Å². The molecule has 2 aliphatic heterocycles. The van der Waals surface area contributed by atoms with Gasteiger partial charge in [0.1, 0.15) is 0 Å². The van der Waals surface area contributed by atoms with Crippen LogP contribution in [-0.4, -0.2) is 57.7 Å². The van der Waals surface area contributed by atoms with Crippen LogP contribution in [0.25, 0.3) is 0 Å². The van der Waals surface area contributed by atoms with Gasteiger partial charge in [0.2, 0.25) is 0 Å². The zero-order valence-corrected chi connectivity index (χ0v) is 31.6. The monoisotopic (exact) mass is 750 g/mol. The number of anilines is 3. The lowest BCUT2D eigenvalue weighted by Crippen LogP contribution is -2.46. The lowest BCUT2D eigenvalue weighted by molar-refractivity contribution is -0.146. The zero-order chi connectivity index (χ0) is 37.5. The van der Waals surface area contributed by atoms with Gasteiger partial charge >= 0.3 is 0 Å². The molecular weight excluding hydrogens is 708 g/mol. The third-order valence-electron chi connectivity index (χ3n) is 10.6. The average Bonchev–Trinajstić information content (AvgIpc) is 3.79. The van der Waals surface area contributed by atoms with Gasteiger partial charge in [0.15, 0.2) is 13.9 Å². The lowest BCUT2D eigenvalue weighted by Gasteiger charge is -2.32. The molecule has 3 heterocycles. The van der Waals surface area contributed by atoms with Gasteiger partial charge in [-0.15, -0.1) is 5.10 Å². The van der Waals surface area contributed by atoms with Crippen LogP contribution < -0.4 is 16.0 Å². The van der Waals surface area contributed by atoms with Crippen LogP contribution in [0.3, 0.4) is 0 Å². The number of benzene rings is 4. The second kappa shape index (κ2) is 14.5. The van der Waals surface area contributed by atoms with Gasteiger partial charge < -0.3 is 30.6 Å². The predicted octanol–water partition coefficient (Wildman–Crippen LogP) is 6.33. The maximum absolute atomic E-state index is 14.8. The molecule has 4 aromatic carbocycles. The number of hydrogen-bond donors (Lipinski definition) is 4. The van der Waals surface area contributed by atoms with Crippen LogP contribution in [0.2, 0.25) is 23.7 Å². The smallest absolute Gasteiger partial charge is 0.264 e. The molecule has 1 spiro atoms. The van der Waals surface area contributed by atoms with E-state index in [0.717, 1.165) is 11.1 Å². The van der Waals surface area contributed by atoms with Gasteiger partial charge in [-0.1, -0.05) is 66.2 Å². The summed E-state index contributed by atoms with van der Waals surface area (Å²) in [5, 5.41) is 22.3. The quantitative estimate of drug-likeness (QED) is 0.0903. The standard InChI is InChI=1S/C40H43ClN6O5Si/c1-25-37(53(2,3)51)36(19-20-46-23-34(44-45-46)32(24-48)27-7-5-4-6-8-27)52-40(25)33-21-29(41)13-18-35(33)47(39(40)50)22-26-9-16-31(17-10-26)43-38(49)28-11-14-30(42)15-12-28/h4-18,21,23,25,32,36-37,48,51H,19-20,22,24,42H2,1-3H3,(H,43,49)/t25-,32?,36+,37-,40+/m0/s1. The summed E-state index contributed by atoms with van der Waals surface area (Å²) in [7, 11) is -2.90. The molecule has 11 nitrogen and oxygen atoms in total. The number of nitrogens with one attached hydrogen (secondary N) is 1. The van der Waals surface area contributed by atoms with E-state index in [-0.39, 0.29) is 42.3 Å². The fourth-order valence-corrected chi connectivity index (χ4v) is 10.9. The highest BCUT2D eigenvalue weighted by atomic mass is 35.5. The second-order valence-corrected chi connectivity index (χ2v) is 18.9. The third-order valence-corrected chi connectivity index (χ3v) is 13.4. The number of carbonyl (C=O) groups is 2. The van der Waals surface area contributed by atoms with Gasteiger partial charge in [-0.3, -0.25) is 14.3 Å². The molecule has 2 amide bonds. The molecule has 5 aromatic rings. The number of fused-ring (bicyclic) bond motifs is 2. The van der Waals surface area contributed by atoms with Gasteiger partial charge in [0, 0.05) is 51.7 Å². The largest absolute Gasteiger partial charge is 0.432 e.